The first-order chi connectivity index (χ1) is 9.15. The average Bonchev–Trinajstić information content (AvgIpc) is 2.71. The zero-order valence-corrected chi connectivity index (χ0v) is 13.5. The van der Waals surface area contributed by atoms with Gasteiger partial charge < -0.3 is 5.32 Å². The Hall–Kier alpha value is -0.540. The second-order valence-corrected chi connectivity index (χ2v) is 5.68. The SMILES string of the molecule is CCCNC(c1c(Cl)cnn1C)C(CCC)CCC. The van der Waals surface area contributed by atoms with E-state index in [0.717, 1.165) is 23.7 Å². The summed E-state index contributed by atoms with van der Waals surface area (Å²) in [6.45, 7) is 7.73. The lowest BCUT2D eigenvalue weighted by Gasteiger charge is -2.28. The number of rotatable bonds is 9. The lowest BCUT2D eigenvalue weighted by atomic mass is 9.88. The van der Waals surface area contributed by atoms with E-state index < -0.39 is 0 Å². The van der Waals surface area contributed by atoms with E-state index in [4.69, 9.17) is 11.6 Å². The Morgan fingerprint density at radius 3 is 2.26 bits per heavy atom. The van der Waals surface area contributed by atoms with E-state index in [-0.39, 0.29) is 0 Å². The summed E-state index contributed by atoms with van der Waals surface area (Å²) in [7, 11) is 1.98. The van der Waals surface area contributed by atoms with Gasteiger partial charge in [-0.25, -0.2) is 0 Å². The topological polar surface area (TPSA) is 29.9 Å². The van der Waals surface area contributed by atoms with Gasteiger partial charge in [0.15, 0.2) is 0 Å². The van der Waals surface area contributed by atoms with Gasteiger partial charge in [-0.3, -0.25) is 4.68 Å². The molecule has 0 aliphatic heterocycles. The Bertz CT molecular complexity index is 337. The minimum Gasteiger partial charge on any atom is -0.308 e. The second kappa shape index (κ2) is 8.60. The lowest BCUT2D eigenvalue weighted by molar-refractivity contribution is 0.304. The van der Waals surface area contributed by atoms with Crippen molar-refractivity contribution in [3.05, 3.63) is 16.9 Å². The van der Waals surface area contributed by atoms with E-state index in [1.54, 1.807) is 6.20 Å². The molecule has 3 nitrogen and oxygen atoms in total. The van der Waals surface area contributed by atoms with E-state index in [0.29, 0.717) is 12.0 Å². The summed E-state index contributed by atoms with van der Waals surface area (Å²) in [6, 6.07) is 0.319. The van der Waals surface area contributed by atoms with Gasteiger partial charge in [-0.1, -0.05) is 45.2 Å². The molecule has 1 unspecified atom stereocenters. The Kier molecular flexibility index (Phi) is 7.47. The van der Waals surface area contributed by atoms with Gasteiger partial charge in [0.2, 0.25) is 0 Å². The molecule has 0 fully saturated rings. The van der Waals surface area contributed by atoms with Crippen molar-refractivity contribution in [2.45, 2.75) is 58.9 Å². The highest BCUT2D eigenvalue weighted by Gasteiger charge is 2.26. The molecule has 1 rings (SSSR count). The molecule has 0 saturated heterocycles. The summed E-state index contributed by atoms with van der Waals surface area (Å²) < 4.78 is 1.92. The summed E-state index contributed by atoms with van der Waals surface area (Å²) in [6.07, 6.45) is 7.78. The molecule has 110 valence electrons. The van der Waals surface area contributed by atoms with Gasteiger partial charge >= 0.3 is 0 Å². The molecule has 0 radical (unpaired) electrons. The van der Waals surface area contributed by atoms with Crippen LogP contribution in [0.1, 0.15) is 64.6 Å². The number of nitrogens with zero attached hydrogens (tertiary/aromatic N) is 2. The number of aromatic nitrogens is 2. The maximum absolute atomic E-state index is 6.34. The molecule has 0 aliphatic rings. The van der Waals surface area contributed by atoms with Crippen LogP contribution in [0.25, 0.3) is 0 Å². The zero-order valence-electron chi connectivity index (χ0n) is 12.7. The minimum atomic E-state index is 0.319. The molecule has 1 heterocycles. The molecule has 1 aromatic heterocycles. The van der Waals surface area contributed by atoms with Crippen molar-refractivity contribution in [1.82, 2.24) is 15.1 Å². The van der Waals surface area contributed by atoms with Crippen molar-refractivity contribution >= 4 is 11.6 Å². The predicted octanol–water partition coefficient (Wildman–Crippen LogP) is 4.33. The van der Waals surface area contributed by atoms with E-state index in [9.17, 15) is 0 Å². The molecule has 0 amide bonds. The molecule has 0 spiro atoms. The second-order valence-electron chi connectivity index (χ2n) is 5.27. The van der Waals surface area contributed by atoms with Crippen molar-refractivity contribution < 1.29 is 0 Å². The highest BCUT2D eigenvalue weighted by Crippen LogP contribution is 2.33. The molecular formula is C15H28ClN3. The fourth-order valence-corrected chi connectivity index (χ4v) is 3.06. The average molecular weight is 286 g/mol. The highest BCUT2D eigenvalue weighted by atomic mass is 35.5. The molecule has 0 aliphatic carbocycles. The third kappa shape index (κ3) is 4.50. The van der Waals surface area contributed by atoms with Gasteiger partial charge in [-0.2, -0.15) is 5.10 Å². The number of halogens is 1. The van der Waals surface area contributed by atoms with Crippen LogP contribution in [0.2, 0.25) is 5.02 Å². The van der Waals surface area contributed by atoms with Crippen LogP contribution in [0.5, 0.6) is 0 Å². The third-order valence-electron chi connectivity index (χ3n) is 3.64. The Morgan fingerprint density at radius 2 is 1.84 bits per heavy atom. The van der Waals surface area contributed by atoms with Gasteiger partial charge in [0, 0.05) is 7.05 Å². The highest BCUT2D eigenvalue weighted by molar-refractivity contribution is 6.31. The zero-order chi connectivity index (χ0) is 14.3. The predicted molar refractivity (Wildman–Crippen MR) is 82.6 cm³/mol. The Morgan fingerprint density at radius 1 is 1.21 bits per heavy atom. The van der Waals surface area contributed by atoms with Crippen LogP contribution in [-0.4, -0.2) is 16.3 Å². The summed E-state index contributed by atoms with van der Waals surface area (Å²) in [5.41, 5.74) is 1.14. The molecule has 1 aromatic rings. The standard InChI is InChI=1S/C15H28ClN3/c1-5-8-12(9-6-2)14(17-10-7-3)15-13(16)11-18-19(15)4/h11-12,14,17H,5-10H2,1-4H3. The quantitative estimate of drug-likeness (QED) is 0.732. The van der Waals surface area contributed by atoms with E-state index in [1.165, 1.54) is 25.7 Å². The van der Waals surface area contributed by atoms with Gasteiger partial charge in [0.05, 0.1) is 23.0 Å². The summed E-state index contributed by atoms with van der Waals surface area (Å²) in [4.78, 5) is 0. The van der Waals surface area contributed by atoms with Crippen LogP contribution in [0.15, 0.2) is 6.20 Å². The van der Waals surface area contributed by atoms with Crippen molar-refractivity contribution in [3.8, 4) is 0 Å². The van der Waals surface area contributed by atoms with Gasteiger partial charge in [0.25, 0.3) is 0 Å². The fourth-order valence-electron chi connectivity index (χ4n) is 2.78. The van der Waals surface area contributed by atoms with Crippen LogP contribution in [0.3, 0.4) is 0 Å². The van der Waals surface area contributed by atoms with Crippen molar-refractivity contribution in [1.29, 1.82) is 0 Å². The van der Waals surface area contributed by atoms with Gasteiger partial charge in [0.1, 0.15) is 0 Å². The molecule has 0 saturated carbocycles. The van der Waals surface area contributed by atoms with Crippen LogP contribution >= 0.6 is 11.6 Å². The lowest BCUT2D eigenvalue weighted by Crippen LogP contribution is -2.31. The summed E-state index contributed by atoms with van der Waals surface area (Å²) in [5, 5.41) is 8.76. The normalized spacial score (nSPS) is 13.2. The van der Waals surface area contributed by atoms with E-state index in [1.807, 2.05) is 11.7 Å². The molecule has 1 N–H and O–H groups in total. The van der Waals surface area contributed by atoms with E-state index >= 15 is 0 Å². The van der Waals surface area contributed by atoms with E-state index in [2.05, 4.69) is 31.2 Å². The number of nitrogens with one attached hydrogen (secondary N) is 1. The number of hydrogen-bond acceptors (Lipinski definition) is 2. The largest absolute Gasteiger partial charge is 0.308 e. The van der Waals surface area contributed by atoms with Crippen molar-refractivity contribution in [2.75, 3.05) is 6.54 Å². The summed E-state index contributed by atoms with van der Waals surface area (Å²) >= 11 is 6.34. The van der Waals surface area contributed by atoms with Gasteiger partial charge in [-0.15, -0.1) is 0 Å². The first-order valence-corrected chi connectivity index (χ1v) is 7.94. The number of aryl methyl sites for hydroxylation is 1. The maximum Gasteiger partial charge on any atom is 0.0834 e. The smallest absolute Gasteiger partial charge is 0.0834 e. The maximum atomic E-state index is 6.34. The Labute approximate surface area is 122 Å². The van der Waals surface area contributed by atoms with Crippen LogP contribution in [-0.2, 0) is 7.05 Å². The van der Waals surface area contributed by atoms with Crippen LogP contribution < -0.4 is 5.32 Å². The van der Waals surface area contributed by atoms with Crippen LogP contribution in [0.4, 0.5) is 0 Å². The Balaban J connectivity index is 2.97. The molecule has 19 heavy (non-hydrogen) atoms. The molecule has 0 aromatic carbocycles. The molecular weight excluding hydrogens is 258 g/mol. The fraction of sp³-hybridized carbons (Fsp3) is 0.800. The molecule has 4 heteroatoms. The minimum absolute atomic E-state index is 0.319. The molecule has 1 atom stereocenters. The third-order valence-corrected chi connectivity index (χ3v) is 3.93. The first-order valence-electron chi connectivity index (χ1n) is 7.56. The first kappa shape index (κ1) is 16.5. The number of hydrogen-bond donors (Lipinski definition) is 1. The van der Waals surface area contributed by atoms with Crippen molar-refractivity contribution in [2.24, 2.45) is 13.0 Å². The summed E-state index contributed by atoms with van der Waals surface area (Å²) in [5.74, 6) is 0.634. The monoisotopic (exact) mass is 285 g/mol. The van der Waals surface area contributed by atoms with Gasteiger partial charge in [-0.05, 0) is 31.7 Å². The van der Waals surface area contributed by atoms with Crippen molar-refractivity contribution in [3.63, 3.8) is 0 Å². The van der Waals surface area contributed by atoms with Crippen LogP contribution in [0, 0.1) is 5.92 Å². The molecule has 0 bridgehead atoms.